The molecule has 1 amide bonds. The van der Waals surface area contributed by atoms with Gasteiger partial charge in [0.25, 0.3) is 0 Å². The third-order valence-corrected chi connectivity index (χ3v) is 1.41. The van der Waals surface area contributed by atoms with Crippen LogP contribution in [0.3, 0.4) is 0 Å². The van der Waals surface area contributed by atoms with Crippen molar-refractivity contribution >= 4 is 12.2 Å². The van der Waals surface area contributed by atoms with Crippen LogP contribution in [-0.4, -0.2) is 31.3 Å². The van der Waals surface area contributed by atoms with Crippen molar-refractivity contribution in [1.82, 2.24) is 10.3 Å². The normalized spacial score (nSPS) is 5.95. The molecule has 1 heterocycles. The number of nitrogens with one attached hydrogen (secondary N) is 1. The van der Waals surface area contributed by atoms with E-state index in [1.54, 1.807) is 20.0 Å². The van der Waals surface area contributed by atoms with Crippen LogP contribution in [0.15, 0.2) is 6.07 Å². The Balaban J connectivity index is -0.0000000581. The summed E-state index contributed by atoms with van der Waals surface area (Å²) in [5.41, 5.74) is 5.78. The van der Waals surface area contributed by atoms with E-state index in [2.05, 4.69) is 28.3 Å². The van der Waals surface area contributed by atoms with Crippen LogP contribution in [0.4, 0.5) is 0 Å². The quantitative estimate of drug-likeness (QED) is 0.765. The third kappa shape index (κ3) is 18.6. The monoisotopic (exact) mass is 271 g/mol. The molecule has 0 aromatic carbocycles. The maximum Gasteiger partial charge on any atom is 0.216 e. The summed E-state index contributed by atoms with van der Waals surface area (Å²) in [7, 11) is 3.10. The summed E-state index contributed by atoms with van der Waals surface area (Å²) in [6, 6.07) is 4.15. The topological polar surface area (TPSA) is 85.1 Å². The number of amides is 1. The van der Waals surface area contributed by atoms with E-state index < -0.39 is 0 Å². The second kappa shape index (κ2) is 21.4. The summed E-state index contributed by atoms with van der Waals surface area (Å²) in [4.78, 5) is 23.6. The Hall–Kier alpha value is -1.93. The Morgan fingerprint density at radius 1 is 1.37 bits per heavy atom. The van der Waals surface area contributed by atoms with Gasteiger partial charge in [0, 0.05) is 31.8 Å². The molecule has 112 valence electrons. The SMILES string of the molecule is C.C.C.CN.CNC(C)=O.Cc1nc#ccc1C=O. The first-order chi connectivity index (χ1) is 7.61. The number of aryl methyl sites for hydroxylation is 1. The molecule has 0 aliphatic carbocycles. The molecule has 0 unspecified atom stereocenters. The third-order valence-electron chi connectivity index (χ3n) is 1.41. The van der Waals surface area contributed by atoms with Crippen LogP contribution >= 0.6 is 0 Å². The summed E-state index contributed by atoms with van der Waals surface area (Å²) in [6.45, 7) is 3.23. The van der Waals surface area contributed by atoms with Crippen molar-refractivity contribution < 1.29 is 9.59 Å². The molecule has 19 heavy (non-hydrogen) atoms. The number of carbonyl (C=O) groups excluding carboxylic acids is 2. The van der Waals surface area contributed by atoms with Crippen LogP contribution in [0.25, 0.3) is 0 Å². The van der Waals surface area contributed by atoms with Gasteiger partial charge in [-0.2, -0.15) is 0 Å². The lowest BCUT2D eigenvalue weighted by Crippen LogP contribution is -2.11. The van der Waals surface area contributed by atoms with Gasteiger partial charge in [0.1, 0.15) is 0 Å². The molecular formula is C14H29N3O2. The average Bonchev–Trinajstić information content (AvgIpc) is 2.33. The van der Waals surface area contributed by atoms with E-state index in [4.69, 9.17) is 0 Å². The van der Waals surface area contributed by atoms with E-state index in [-0.39, 0.29) is 28.2 Å². The number of carbonyl (C=O) groups is 2. The van der Waals surface area contributed by atoms with E-state index in [0.29, 0.717) is 11.3 Å². The highest BCUT2D eigenvalue weighted by Crippen LogP contribution is 1.94. The summed E-state index contributed by atoms with van der Waals surface area (Å²) in [5, 5.41) is 2.39. The molecule has 0 radical (unpaired) electrons. The highest BCUT2D eigenvalue weighted by Gasteiger charge is 1.91. The lowest BCUT2D eigenvalue weighted by molar-refractivity contribution is -0.118. The number of nitrogens with zero attached hydrogens (tertiary/aromatic N) is 1. The van der Waals surface area contributed by atoms with Crippen LogP contribution in [0, 0.1) is 19.2 Å². The highest BCUT2D eigenvalue weighted by molar-refractivity contribution is 5.75. The number of aldehydes is 1. The van der Waals surface area contributed by atoms with Crippen LogP contribution in [-0.2, 0) is 4.79 Å². The Kier molecular flexibility index (Phi) is 34.0. The molecule has 3 N–H and O–H groups in total. The fourth-order valence-electron chi connectivity index (χ4n) is 0.514. The Morgan fingerprint density at radius 3 is 2.00 bits per heavy atom. The van der Waals surface area contributed by atoms with Gasteiger partial charge in [0.15, 0.2) is 6.29 Å². The van der Waals surface area contributed by atoms with Gasteiger partial charge in [-0.25, -0.2) is 4.98 Å². The van der Waals surface area contributed by atoms with Crippen molar-refractivity contribution in [2.45, 2.75) is 36.1 Å². The van der Waals surface area contributed by atoms with E-state index >= 15 is 0 Å². The largest absolute Gasteiger partial charge is 0.359 e. The molecule has 5 heteroatoms. The Bertz CT molecular complexity index is 315. The van der Waals surface area contributed by atoms with Crippen molar-refractivity contribution in [3.8, 4) is 0 Å². The second-order valence-electron chi connectivity index (χ2n) is 2.48. The molecule has 0 saturated carbocycles. The van der Waals surface area contributed by atoms with Crippen LogP contribution in [0.1, 0.15) is 45.3 Å². The molecule has 0 fully saturated rings. The predicted octanol–water partition coefficient (Wildman–Crippen LogP) is 2.04. The second-order valence-corrected chi connectivity index (χ2v) is 2.48. The molecule has 0 spiro atoms. The molecule has 0 saturated heterocycles. The molecule has 5 nitrogen and oxygen atoms in total. The summed E-state index contributed by atoms with van der Waals surface area (Å²) in [5.74, 6) is 0.00463. The van der Waals surface area contributed by atoms with E-state index in [9.17, 15) is 9.59 Å². The number of hydrogen-bond acceptors (Lipinski definition) is 4. The minimum atomic E-state index is 0. The molecular weight excluding hydrogens is 242 g/mol. The van der Waals surface area contributed by atoms with Crippen LogP contribution in [0.5, 0.6) is 0 Å². The molecule has 0 atom stereocenters. The van der Waals surface area contributed by atoms with Gasteiger partial charge in [0.2, 0.25) is 5.91 Å². The van der Waals surface area contributed by atoms with E-state index in [1.807, 2.05) is 0 Å². The van der Waals surface area contributed by atoms with Gasteiger partial charge in [-0.15, -0.1) is 0 Å². The first kappa shape index (κ1) is 30.3. The zero-order valence-electron chi connectivity index (χ0n) is 10.00. The first-order valence-corrected chi connectivity index (χ1v) is 4.58. The van der Waals surface area contributed by atoms with Gasteiger partial charge in [-0.1, -0.05) is 22.3 Å². The van der Waals surface area contributed by atoms with Crippen LogP contribution < -0.4 is 11.1 Å². The summed E-state index contributed by atoms with van der Waals surface area (Å²) < 4.78 is 0. The molecule has 1 aromatic heterocycles. The van der Waals surface area contributed by atoms with Crippen molar-refractivity contribution in [1.29, 1.82) is 0 Å². The zero-order chi connectivity index (χ0) is 13.0. The number of nitrogens with two attached hydrogens (primary N) is 1. The molecule has 0 aliphatic rings. The predicted molar refractivity (Wildman–Crippen MR) is 82.1 cm³/mol. The Morgan fingerprint density at radius 2 is 1.79 bits per heavy atom. The molecule has 0 bridgehead atoms. The molecule has 0 aliphatic heterocycles. The average molecular weight is 271 g/mol. The minimum absolute atomic E-state index is 0. The zero-order valence-corrected chi connectivity index (χ0v) is 10.00. The van der Waals surface area contributed by atoms with E-state index in [0.717, 1.165) is 6.29 Å². The van der Waals surface area contributed by atoms with Gasteiger partial charge in [0.05, 0.1) is 5.69 Å². The standard InChI is InChI=1S/C7H5NO.C3H7NO.CH5N.3CH4/c1-6-7(5-9)3-2-4-8-6;1-3(5)4-2;1-2;;;/h3,5H,1H3;1-2H3,(H,4,5);2H2,1H3;3*1H4. The summed E-state index contributed by atoms with van der Waals surface area (Å²) >= 11 is 0. The number of aromatic nitrogens is 1. The minimum Gasteiger partial charge on any atom is -0.359 e. The summed E-state index contributed by atoms with van der Waals surface area (Å²) in [6.07, 6.45) is 3.26. The van der Waals surface area contributed by atoms with Crippen LogP contribution in [0.2, 0.25) is 0 Å². The maximum absolute atomic E-state index is 10.2. The van der Waals surface area contributed by atoms with Gasteiger partial charge < -0.3 is 11.1 Å². The molecule has 1 rings (SSSR count). The van der Waals surface area contributed by atoms with Gasteiger partial charge >= 0.3 is 0 Å². The van der Waals surface area contributed by atoms with Gasteiger partial charge in [-0.05, 0) is 20.0 Å². The fourth-order valence-corrected chi connectivity index (χ4v) is 0.514. The first-order valence-electron chi connectivity index (χ1n) is 4.58. The highest BCUT2D eigenvalue weighted by atomic mass is 16.1. The molecule has 1 aromatic rings. The van der Waals surface area contributed by atoms with Crippen molar-refractivity contribution in [2.24, 2.45) is 5.73 Å². The number of hydrogen-bond donors (Lipinski definition) is 2. The number of rotatable bonds is 1. The van der Waals surface area contributed by atoms with Crippen molar-refractivity contribution in [2.75, 3.05) is 14.1 Å². The van der Waals surface area contributed by atoms with Crippen molar-refractivity contribution in [3.05, 3.63) is 29.6 Å². The maximum atomic E-state index is 10.2. The lowest BCUT2D eigenvalue weighted by atomic mass is 10.2. The Labute approximate surface area is 118 Å². The van der Waals surface area contributed by atoms with E-state index in [1.165, 1.54) is 14.0 Å². The van der Waals surface area contributed by atoms with Crippen molar-refractivity contribution in [3.63, 3.8) is 0 Å². The lowest BCUT2D eigenvalue weighted by Gasteiger charge is -1.87. The van der Waals surface area contributed by atoms with Gasteiger partial charge in [-0.3, -0.25) is 9.59 Å². The smallest absolute Gasteiger partial charge is 0.216 e. The fraction of sp³-hybridized carbons (Fsp3) is 0.500.